The number of amides is 1. The van der Waals surface area contributed by atoms with E-state index in [0.717, 1.165) is 43.2 Å². The number of carbonyl (C=O) groups excluding carboxylic acids is 1. The first-order valence-electron chi connectivity index (χ1n) is 9.65. The molecule has 1 aromatic rings. The van der Waals surface area contributed by atoms with E-state index in [1.807, 2.05) is 37.8 Å². The van der Waals surface area contributed by atoms with Crippen molar-refractivity contribution in [3.8, 4) is 0 Å². The molecule has 0 N–H and O–H groups in total. The van der Waals surface area contributed by atoms with Crippen LogP contribution in [0.1, 0.15) is 58.4 Å². The van der Waals surface area contributed by atoms with Crippen LogP contribution in [-0.2, 0) is 22.3 Å². The molecule has 1 heterocycles. The first-order valence-corrected chi connectivity index (χ1v) is 11.2. The summed E-state index contributed by atoms with van der Waals surface area (Å²) in [6.07, 6.45) is 8.41. The summed E-state index contributed by atoms with van der Waals surface area (Å²) < 4.78 is 16.9. The second kappa shape index (κ2) is 9.65. The van der Waals surface area contributed by atoms with Gasteiger partial charge >= 0.3 is 6.09 Å². The summed E-state index contributed by atoms with van der Waals surface area (Å²) in [5.41, 5.74) is 0.900. The molecular formula is C21H33NO3S. The third-order valence-electron chi connectivity index (χ3n) is 4.85. The molecule has 0 bridgehead atoms. The van der Waals surface area contributed by atoms with E-state index in [1.54, 1.807) is 6.26 Å². The monoisotopic (exact) mass is 379 g/mol. The fourth-order valence-electron chi connectivity index (χ4n) is 3.34. The molecule has 4 nitrogen and oxygen atoms in total. The Morgan fingerprint density at radius 2 is 1.81 bits per heavy atom. The maximum absolute atomic E-state index is 12.1. The zero-order chi connectivity index (χ0) is 19.2. The Kier molecular flexibility index (Phi) is 7.84. The lowest BCUT2D eigenvalue weighted by atomic mass is 9.91. The summed E-state index contributed by atoms with van der Waals surface area (Å²) in [6.45, 7) is 7.36. The second-order valence-corrected chi connectivity index (χ2v) is 9.63. The molecule has 1 saturated heterocycles. The predicted octanol–water partition coefficient (Wildman–Crippen LogP) is 4.78. The van der Waals surface area contributed by atoms with Gasteiger partial charge in [0.25, 0.3) is 0 Å². The van der Waals surface area contributed by atoms with Gasteiger partial charge in [0.2, 0.25) is 0 Å². The number of nitrogens with zero attached hydrogens (tertiary/aromatic N) is 1. The smallest absolute Gasteiger partial charge is 0.410 e. The summed E-state index contributed by atoms with van der Waals surface area (Å²) in [6, 6.07) is 8.13. The number of hydrogen-bond acceptors (Lipinski definition) is 3. The number of aryl methyl sites for hydroxylation is 1. The van der Waals surface area contributed by atoms with Crippen molar-refractivity contribution < 1.29 is 14.1 Å². The first kappa shape index (κ1) is 21.1. The van der Waals surface area contributed by atoms with Gasteiger partial charge in [-0.05, 0) is 81.2 Å². The summed E-state index contributed by atoms with van der Waals surface area (Å²) in [5, 5.41) is 0. The van der Waals surface area contributed by atoms with Crippen LogP contribution in [0, 0.1) is 5.92 Å². The maximum atomic E-state index is 12.1. The average Bonchev–Trinajstić information content (AvgIpc) is 2.58. The van der Waals surface area contributed by atoms with E-state index in [9.17, 15) is 9.35 Å². The van der Waals surface area contributed by atoms with Crippen LogP contribution >= 0.6 is 0 Å². The van der Waals surface area contributed by atoms with E-state index in [4.69, 9.17) is 4.74 Å². The molecule has 5 heteroatoms. The van der Waals surface area contributed by atoms with Crippen molar-refractivity contribution in [3.05, 3.63) is 29.8 Å². The molecule has 2 rings (SSSR count). The maximum Gasteiger partial charge on any atom is 0.410 e. The molecule has 1 aromatic carbocycles. The van der Waals surface area contributed by atoms with Gasteiger partial charge in [-0.2, -0.15) is 0 Å². The number of hydrogen-bond donors (Lipinski definition) is 0. The Hall–Kier alpha value is -1.20. The van der Waals surface area contributed by atoms with Crippen LogP contribution in [0.25, 0.3) is 0 Å². The zero-order valence-electron chi connectivity index (χ0n) is 16.6. The van der Waals surface area contributed by atoms with E-state index >= 15 is 0 Å². The van der Waals surface area contributed by atoms with Gasteiger partial charge in [0.15, 0.2) is 4.90 Å². The van der Waals surface area contributed by atoms with Crippen LogP contribution in [0.2, 0.25) is 0 Å². The van der Waals surface area contributed by atoms with Gasteiger partial charge in [-0.3, -0.25) is 0 Å². The van der Waals surface area contributed by atoms with E-state index in [0.29, 0.717) is 0 Å². The van der Waals surface area contributed by atoms with Crippen molar-refractivity contribution in [2.75, 3.05) is 19.3 Å². The lowest BCUT2D eigenvalue weighted by molar-refractivity contribution is 0.0180. The predicted molar refractivity (Wildman–Crippen MR) is 107 cm³/mol. The zero-order valence-corrected chi connectivity index (χ0v) is 17.4. The number of likely N-dealkylation sites (tertiary alicyclic amines) is 1. The number of carbonyl (C=O) groups is 1. The van der Waals surface area contributed by atoms with Gasteiger partial charge in [-0.1, -0.05) is 25.0 Å². The van der Waals surface area contributed by atoms with Crippen LogP contribution in [0.4, 0.5) is 4.79 Å². The van der Waals surface area contributed by atoms with Crippen molar-refractivity contribution in [2.45, 2.75) is 69.8 Å². The van der Waals surface area contributed by atoms with Gasteiger partial charge in [0, 0.05) is 13.1 Å². The van der Waals surface area contributed by atoms with Crippen molar-refractivity contribution >= 4 is 17.3 Å². The minimum Gasteiger partial charge on any atom is -0.612 e. The molecule has 146 valence electrons. The number of piperidine rings is 1. The summed E-state index contributed by atoms with van der Waals surface area (Å²) in [7, 11) is 0. The Bertz CT molecular complexity index is 558. The topological polar surface area (TPSA) is 52.6 Å². The van der Waals surface area contributed by atoms with E-state index in [-0.39, 0.29) is 6.09 Å². The molecule has 0 aromatic heterocycles. The van der Waals surface area contributed by atoms with E-state index in [2.05, 4.69) is 12.1 Å². The molecule has 1 atom stereocenters. The molecule has 0 radical (unpaired) electrons. The minimum atomic E-state index is -0.897. The van der Waals surface area contributed by atoms with Crippen LogP contribution < -0.4 is 0 Å². The van der Waals surface area contributed by atoms with E-state index < -0.39 is 16.8 Å². The first-order chi connectivity index (χ1) is 12.2. The number of ether oxygens (including phenoxy) is 1. The van der Waals surface area contributed by atoms with Gasteiger partial charge in [-0.15, -0.1) is 0 Å². The second-order valence-electron chi connectivity index (χ2n) is 8.25. The van der Waals surface area contributed by atoms with Crippen LogP contribution in [0.5, 0.6) is 0 Å². The molecule has 0 aliphatic carbocycles. The van der Waals surface area contributed by atoms with Crippen molar-refractivity contribution in [1.29, 1.82) is 0 Å². The number of benzene rings is 1. The molecule has 1 fully saturated rings. The number of rotatable bonds is 6. The highest BCUT2D eigenvalue weighted by atomic mass is 32.2. The van der Waals surface area contributed by atoms with Gasteiger partial charge in [0.1, 0.15) is 11.9 Å². The highest BCUT2D eigenvalue weighted by Crippen LogP contribution is 2.24. The van der Waals surface area contributed by atoms with E-state index in [1.165, 1.54) is 24.8 Å². The molecule has 1 unspecified atom stereocenters. The average molecular weight is 380 g/mol. The van der Waals surface area contributed by atoms with Crippen molar-refractivity contribution in [2.24, 2.45) is 5.92 Å². The Morgan fingerprint density at radius 1 is 1.19 bits per heavy atom. The van der Waals surface area contributed by atoms with Crippen LogP contribution in [-0.4, -0.2) is 40.5 Å². The molecular weight excluding hydrogens is 346 g/mol. The van der Waals surface area contributed by atoms with Crippen molar-refractivity contribution in [1.82, 2.24) is 4.90 Å². The van der Waals surface area contributed by atoms with Crippen LogP contribution in [0.15, 0.2) is 29.2 Å². The molecule has 0 spiro atoms. The fourth-order valence-corrected chi connectivity index (χ4v) is 3.86. The van der Waals surface area contributed by atoms with Gasteiger partial charge in [-0.25, -0.2) is 4.79 Å². The van der Waals surface area contributed by atoms with Crippen LogP contribution in [0.3, 0.4) is 0 Å². The lowest BCUT2D eigenvalue weighted by Gasteiger charge is -2.33. The Labute approximate surface area is 161 Å². The summed E-state index contributed by atoms with van der Waals surface area (Å²) in [4.78, 5) is 14.8. The molecule has 1 aliphatic rings. The highest BCUT2D eigenvalue weighted by molar-refractivity contribution is 7.90. The lowest BCUT2D eigenvalue weighted by Crippen LogP contribution is -2.41. The molecule has 0 saturated carbocycles. The molecule has 1 aliphatic heterocycles. The minimum absolute atomic E-state index is 0.174. The highest BCUT2D eigenvalue weighted by Gasteiger charge is 2.26. The normalized spacial score (nSPS) is 17.2. The standard InChI is InChI=1S/C21H33NO3S/c1-21(2,3)25-20(23)22-15-13-18(14-16-22)8-6-5-7-17-9-11-19(12-10-17)26(4)24/h9-12,18H,5-8,13-16H2,1-4H3. The number of unbranched alkanes of at least 4 members (excludes halogenated alkanes) is 1. The molecule has 1 amide bonds. The SMILES string of the molecule is C[S+]([O-])c1ccc(CCCCC2CCN(C(=O)OC(C)(C)C)CC2)cc1. The summed E-state index contributed by atoms with van der Waals surface area (Å²) >= 11 is -0.897. The van der Waals surface area contributed by atoms with Gasteiger partial charge < -0.3 is 14.2 Å². The summed E-state index contributed by atoms with van der Waals surface area (Å²) in [5.74, 6) is 0.721. The fraction of sp³-hybridized carbons (Fsp3) is 0.667. The quantitative estimate of drug-likeness (QED) is 0.528. The Balaban J connectivity index is 1.62. The Morgan fingerprint density at radius 3 is 2.35 bits per heavy atom. The van der Waals surface area contributed by atoms with Gasteiger partial charge in [0.05, 0.1) is 0 Å². The molecule has 26 heavy (non-hydrogen) atoms. The third kappa shape index (κ3) is 7.20. The largest absolute Gasteiger partial charge is 0.612 e. The van der Waals surface area contributed by atoms with Crippen molar-refractivity contribution in [3.63, 3.8) is 0 Å². The third-order valence-corrected chi connectivity index (χ3v) is 5.79.